The lowest BCUT2D eigenvalue weighted by Gasteiger charge is -2.22. The van der Waals surface area contributed by atoms with Gasteiger partial charge >= 0.3 is 0 Å². The van der Waals surface area contributed by atoms with Gasteiger partial charge in [-0.3, -0.25) is 4.79 Å². The molecular formula is C14H20N2O2. The molecule has 1 aromatic carbocycles. The predicted octanol–water partition coefficient (Wildman–Crippen LogP) is 2.36. The molecule has 0 aliphatic carbocycles. The Bertz CT molecular complexity index is 463. The van der Waals surface area contributed by atoms with E-state index in [1.807, 2.05) is 18.2 Å². The molecule has 0 atom stereocenters. The second kappa shape index (κ2) is 4.52. The quantitative estimate of drug-likeness (QED) is 0.829. The molecule has 0 aromatic heterocycles. The molecular weight excluding hydrogens is 228 g/mol. The summed E-state index contributed by atoms with van der Waals surface area (Å²) in [4.78, 5) is 13.7. The van der Waals surface area contributed by atoms with Crippen LogP contribution in [0.25, 0.3) is 0 Å². The molecule has 1 amide bonds. The highest BCUT2D eigenvalue weighted by atomic mass is 16.5. The fourth-order valence-electron chi connectivity index (χ4n) is 1.93. The van der Waals surface area contributed by atoms with Crippen molar-refractivity contribution in [1.29, 1.82) is 0 Å². The minimum Gasteiger partial charge on any atom is -0.491 e. The summed E-state index contributed by atoms with van der Waals surface area (Å²) in [6.45, 7) is 7.44. The van der Waals surface area contributed by atoms with Crippen LogP contribution in [0.15, 0.2) is 18.2 Å². The molecule has 1 heterocycles. The Labute approximate surface area is 108 Å². The van der Waals surface area contributed by atoms with Crippen molar-refractivity contribution >= 4 is 11.6 Å². The summed E-state index contributed by atoms with van der Waals surface area (Å²) >= 11 is 0. The Kier molecular flexibility index (Phi) is 3.20. The Morgan fingerprint density at radius 1 is 1.33 bits per heavy atom. The molecule has 4 heteroatoms. The van der Waals surface area contributed by atoms with Crippen molar-refractivity contribution < 1.29 is 9.53 Å². The van der Waals surface area contributed by atoms with E-state index in [2.05, 4.69) is 26.1 Å². The highest BCUT2D eigenvalue weighted by Crippen LogP contribution is 2.27. The number of likely N-dealkylation sites (N-methyl/N-ethyl adjacent to an activating group) is 1. The van der Waals surface area contributed by atoms with Gasteiger partial charge in [0.25, 0.3) is 5.91 Å². The van der Waals surface area contributed by atoms with E-state index in [1.54, 1.807) is 11.9 Å². The number of anilines is 1. The lowest BCUT2D eigenvalue weighted by Crippen LogP contribution is -2.28. The zero-order valence-electron chi connectivity index (χ0n) is 11.4. The van der Waals surface area contributed by atoms with Crippen LogP contribution in [0.1, 0.15) is 31.1 Å². The second-order valence-electron chi connectivity index (χ2n) is 5.66. The van der Waals surface area contributed by atoms with Crippen molar-refractivity contribution in [3.05, 3.63) is 23.8 Å². The molecule has 4 nitrogen and oxygen atoms in total. The van der Waals surface area contributed by atoms with E-state index in [-0.39, 0.29) is 11.4 Å². The van der Waals surface area contributed by atoms with Crippen LogP contribution in [0, 0.1) is 0 Å². The first kappa shape index (κ1) is 12.7. The number of nitrogens with zero attached hydrogens (tertiary/aromatic N) is 1. The van der Waals surface area contributed by atoms with Gasteiger partial charge in [-0.15, -0.1) is 0 Å². The highest BCUT2D eigenvalue weighted by molar-refractivity contribution is 5.97. The molecule has 0 spiro atoms. The molecule has 1 aromatic rings. The van der Waals surface area contributed by atoms with E-state index in [9.17, 15) is 4.79 Å². The smallest absolute Gasteiger partial charge is 0.257 e. The Morgan fingerprint density at radius 3 is 2.72 bits per heavy atom. The standard InChI is InChI=1S/C14H20N2O2/c1-14(2,3)15-10-5-6-11-12(9-10)18-8-7-16(4)13(11)17/h5-6,9,15H,7-8H2,1-4H3. The van der Waals surface area contributed by atoms with Gasteiger partial charge in [0.1, 0.15) is 12.4 Å². The molecule has 1 aliphatic heterocycles. The van der Waals surface area contributed by atoms with Crippen LogP contribution in [0.5, 0.6) is 5.75 Å². The van der Waals surface area contributed by atoms with Gasteiger partial charge in [0, 0.05) is 24.3 Å². The fourth-order valence-corrected chi connectivity index (χ4v) is 1.93. The Morgan fingerprint density at radius 2 is 2.06 bits per heavy atom. The van der Waals surface area contributed by atoms with Gasteiger partial charge in [-0.25, -0.2) is 0 Å². The SMILES string of the molecule is CN1CCOc2cc(NC(C)(C)C)ccc2C1=O. The van der Waals surface area contributed by atoms with Crippen molar-refractivity contribution in [2.24, 2.45) is 0 Å². The van der Waals surface area contributed by atoms with Gasteiger partial charge in [0.2, 0.25) is 0 Å². The fraction of sp³-hybridized carbons (Fsp3) is 0.500. The number of benzene rings is 1. The maximum absolute atomic E-state index is 12.1. The van der Waals surface area contributed by atoms with Crippen LogP contribution in [-0.4, -0.2) is 36.5 Å². The Balaban J connectivity index is 2.32. The van der Waals surface area contributed by atoms with Crippen LogP contribution in [-0.2, 0) is 0 Å². The van der Waals surface area contributed by atoms with Crippen LogP contribution in [0.3, 0.4) is 0 Å². The number of carbonyl (C=O) groups is 1. The molecule has 1 N–H and O–H groups in total. The van der Waals surface area contributed by atoms with Crippen molar-refractivity contribution in [2.75, 3.05) is 25.5 Å². The van der Waals surface area contributed by atoms with Gasteiger partial charge in [0.05, 0.1) is 12.1 Å². The van der Waals surface area contributed by atoms with Crippen molar-refractivity contribution in [3.63, 3.8) is 0 Å². The lowest BCUT2D eigenvalue weighted by molar-refractivity contribution is 0.0797. The monoisotopic (exact) mass is 248 g/mol. The largest absolute Gasteiger partial charge is 0.491 e. The predicted molar refractivity (Wildman–Crippen MR) is 72.3 cm³/mol. The van der Waals surface area contributed by atoms with E-state index in [0.29, 0.717) is 24.5 Å². The average Bonchev–Trinajstić information content (AvgIpc) is 2.38. The van der Waals surface area contributed by atoms with Crippen molar-refractivity contribution in [1.82, 2.24) is 4.90 Å². The third-order valence-corrected chi connectivity index (χ3v) is 2.76. The van der Waals surface area contributed by atoms with E-state index < -0.39 is 0 Å². The Hall–Kier alpha value is -1.71. The first-order chi connectivity index (χ1) is 8.37. The average molecular weight is 248 g/mol. The topological polar surface area (TPSA) is 41.6 Å². The van der Waals surface area contributed by atoms with Crippen molar-refractivity contribution in [3.8, 4) is 5.75 Å². The summed E-state index contributed by atoms with van der Waals surface area (Å²) < 4.78 is 5.64. The number of rotatable bonds is 1. The summed E-state index contributed by atoms with van der Waals surface area (Å²) in [5.74, 6) is 0.684. The number of fused-ring (bicyclic) bond motifs is 1. The summed E-state index contributed by atoms with van der Waals surface area (Å²) in [6, 6.07) is 5.65. The third kappa shape index (κ3) is 2.75. The molecule has 0 saturated heterocycles. The van der Waals surface area contributed by atoms with Gasteiger partial charge < -0.3 is 15.0 Å². The van der Waals surface area contributed by atoms with Crippen LogP contribution < -0.4 is 10.1 Å². The minimum absolute atomic E-state index is 0.0141. The van der Waals surface area contributed by atoms with Crippen LogP contribution in [0.4, 0.5) is 5.69 Å². The number of amides is 1. The maximum atomic E-state index is 12.1. The molecule has 1 aliphatic rings. The summed E-state index contributed by atoms with van der Waals surface area (Å²) in [5.41, 5.74) is 1.59. The van der Waals surface area contributed by atoms with Gasteiger partial charge in [0.15, 0.2) is 0 Å². The van der Waals surface area contributed by atoms with E-state index in [4.69, 9.17) is 4.74 Å². The normalized spacial score (nSPS) is 15.8. The summed E-state index contributed by atoms with van der Waals surface area (Å²) in [7, 11) is 1.79. The lowest BCUT2D eigenvalue weighted by atomic mass is 10.1. The molecule has 0 radical (unpaired) electrons. The molecule has 0 saturated carbocycles. The van der Waals surface area contributed by atoms with Gasteiger partial charge in [-0.2, -0.15) is 0 Å². The second-order valence-corrected chi connectivity index (χ2v) is 5.66. The van der Waals surface area contributed by atoms with E-state index >= 15 is 0 Å². The number of hydrogen-bond acceptors (Lipinski definition) is 3. The number of carbonyl (C=O) groups excluding carboxylic acids is 1. The molecule has 0 unspecified atom stereocenters. The van der Waals surface area contributed by atoms with E-state index in [1.165, 1.54) is 0 Å². The molecule has 18 heavy (non-hydrogen) atoms. The van der Waals surface area contributed by atoms with Crippen LogP contribution in [0.2, 0.25) is 0 Å². The van der Waals surface area contributed by atoms with Crippen LogP contribution >= 0.6 is 0 Å². The summed E-state index contributed by atoms with van der Waals surface area (Å²) in [5, 5.41) is 3.37. The molecule has 0 fully saturated rings. The minimum atomic E-state index is -0.0141. The molecule has 98 valence electrons. The molecule has 0 bridgehead atoms. The highest BCUT2D eigenvalue weighted by Gasteiger charge is 2.21. The third-order valence-electron chi connectivity index (χ3n) is 2.76. The molecule has 2 rings (SSSR count). The maximum Gasteiger partial charge on any atom is 0.257 e. The zero-order valence-corrected chi connectivity index (χ0v) is 11.4. The van der Waals surface area contributed by atoms with E-state index in [0.717, 1.165) is 5.69 Å². The van der Waals surface area contributed by atoms with Crippen molar-refractivity contribution in [2.45, 2.75) is 26.3 Å². The number of nitrogens with one attached hydrogen (secondary N) is 1. The number of hydrogen-bond donors (Lipinski definition) is 1. The van der Waals surface area contributed by atoms with Gasteiger partial charge in [-0.1, -0.05) is 0 Å². The first-order valence-electron chi connectivity index (χ1n) is 6.17. The summed E-state index contributed by atoms with van der Waals surface area (Å²) in [6.07, 6.45) is 0. The zero-order chi connectivity index (χ0) is 13.3. The van der Waals surface area contributed by atoms with Gasteiger partial charge in [-0.05, 0) is 32.9 Å². The number of ether oxygens (including phenoxy) is 1. The first-order valence-corrected chi connectivity index (χ1v) is 6.17.